The van der Waals surface area contributed by atoms with Crippen LogP contribution in [0, 0.1) is 5.92 Å². The Morgan fingerprint density at radius 1 is 1.35 bits per heavy atom. The van der Waals surface area contributed by atoms with Crippen molar-refractivity contribution < 1.29 is 8.42 Å². The Kier molecular flexibility index (Phi) is 4.30. The topological polar surface area (TPSA) is 66.6 Å². The van der Waals surface area contributed by atoms with E-state index in [9.17, 15) is 8.42 Å². The van der Waals surface area contributed by atoms with Gasteiger partial charge in [-0.1, -0.05) is 18.5 Å². The molecule has 1 aromatic carbocycles. The number of halogens is 1. The molecule has 1 aliphatic rings. The highest BCUT2D eigenvalue weighted by molar-refractivity contribution is 7.89. The van der Waals surface area contributed by atoms with Gasteiger partial charge in [0.1, 0.15) is 4.90 Å². The Labute approximate surface area is 125 Å². The van der Waals surface area contributed by atoms with Crippen molar-refractivity contribution in [3.8, 4) is 0 Å². The van der Waals surface area contributed by atoms with Crippen molar-refractivity contribution in [3.63, 3.8) is 0 Å². The highest BCUT2D eigenvalue weighted by Gasteiger charge is 2.38. The van der Waals surface area contributed by atoms with Crippen molar-refractivity contribution in [2.24, 2.45) is 5.92 Å². The van der Waals surface area contributed by atoms with Crippen LogP contribution < -0.4 is 5.73 Å². The smallest absolute Gasteiger partial charge is 0.244 e. The van der Waals surface area contributed by atoms with Crippen molar-refractivity contribution in [1.29, 1.82) is 0 Å². The summed E-state index contributed by atoms with van der Waals surface area (Å²) in [5.74, 6) is 0.285. The minimum absolute atomic E-state index is 0.125. The first-order valence-corrected chi connectivity index (χ1v) is 8.27. The molecule has 0 aromatic heterocycles. The molecule has 1 fully saturated rings. The number of nitrogens with two attached hydrogens (primary N) is 1. The number of anilines is 1. The van der Waals surface area contributed by atoms with Gasteiger partial charge < -0.3 is 10.6 Å². The molecule has 2 N–H and O–H groups in total. The molecule has 0 amide bonds. The van der Waals surface area contributed by atoms with Crippen LogP contribution in [0.2, 0.25) is 5.02 Å². The van der Waals surface area contributed by atoms with Gasteiger partial charge in [-0.25, -0.2) is 8.42 Å². The van der Waals surface area contributed by atoms with Gasteiger partial charge in [-0.15, -0.1) is 0 Å². The molecular formula is C13H20ClN3O2S. The number of sulfonamides is 1. The van der Waals surface area contributed by atoms with Gasteiger partial charge >= 0.3 is 0 Å². The van der Waals surface area contributed by atoms with Gasteiger partial charge in [0.15, 0.2) is 0 Å². The average Bonchev–Trinajstić information content (AvgIpc) is 2.71. The normalized spacial score (nSPS) is 24.4. The first kappa shape index (κ1) is 15.6. The Hall–Kier alpha value is -0.820. The van der Waals surface area contributed by atoms with Crippen molar-refractivity contribution in [2.75, 3.05) is 32.9 Å². The Bertz CT molecular complexity index is 604. The molecule has 1 heterocycles. The third kappa shape index (κ3) is 2.79. The summed E-state index contributed by atoms with van der Waals surface area (Å²) in [7, 11) is 0.365. The molecule has 0 spiro atoms. The van der Waals surface area contributed by atoms with E-state index in [1.54, 1.807) is 6.07 Å². The average molecular weight is 318 g/mol. The van der Waals surface area contributed by atoms with E-state index in [4.69, 9.17) is 17.3 Å². The molecule has 0 saturated carbocycles. The molecule has 20 heavy (non-hydrogen) atoms. The Balaban J connectivity index is 2.32. The minimum Gasteiger partial charge on any atom is -0.399 e. The summed E-state index contributed by atoms with van der Waals surface area (Å²) in [6, 6.07) is 4.72. The summed E-state index contributed by atoms with van der Waals surface area (Å²) in [5, 5.41) is 0.172. The van der Waals surface area contributed by atoms with Gasteiger partial charge in [-0.2, -0.15) is 4.31 Å². The monoisotopic (exact) mass is 317 g/mol. The summed E-state index contributed by atoms with van der Waals surface area (Å²) in [6.45, 7) is 3.05. The van der Waals surface area contributed by atoms with E-state index in [0.29, 0.717) is 18.8 Å². The maximum absolute atomic E-state index is 12.7. The number of nitrogens with zero attached hydrogens (tertiary/aromatic N) is 2. The van der Waals surface area contributed by atoms with Gasteiger partial charge in [0.2, 0.25) is 10.0 Å². The zero-order valence-corrected chi connectivity index (χ0v) is 13.4. The molecule has 1 saturated heterocycles. The number of rotatable bonds is 3. The second kappa shape index (κ2) is 5.52. The summed E-state index contributed by atoms with van der Waals surface area (Å²) in [5.41, 5.74) is 6.06. The molecule has 0 bridgehead atoms. The third-order valence-corrected chi connectivity index (χ3v) is 6.09. The molecule has 2 unspecified atom stereocenters. The fourth-order valence-corrected chi connectivity index (χ4v) is 4.73. The van der Waals surface area contributed by atoms with E-state index in [-0.39, 0.29) is 21.9 Å². The van der Waals surface area contributed by atoms with Crippen LogP contribution in [0.4, 0.5) is 5.69 Å². The highest BCUT2D eigenvalue weighted by atomic mass is 35.5. The van der Waals surface area contributed by atoms with E-state index in [1.807, 2.05) is 14.1 Å². The van der Waals surface area contributed by atoms with Crippen LogP contribution >= 0.6 is 11.6 Å². The fraction of sp³-hybridized carbons (Fsp3) is 0.538. The van der Waals surface area contributed by atoms with E-state index >= 15 is 0 Å². The third-order valence-electron chi connectivity index (χ3n) is 3.78. The summed E-state index contributed by atoms with van der Waals surface area (Å²) < 4.78 is 26.8. The maximum Gasteiger partial charge on any atom is 0.244 e. The first-order valence-electron chi connectivity index (χ1n) is 6.45. The van der Waals surface area contributed by atoms with Crippen molar-refractivity contribution >= 4 is 27.3 Å². The van der Waals surface area contributed by atoms with Crippen molar-refractivity contribution in [2.45, 2.75) is 17.9 Å². The van der Waals surface area contributed by atoms with Crippen molar-refractivity contribution in [1.82, 2.24) is 9.21 Å². The van der Waals surface area contributed by atoms with Crippen molar-refractivity contribution in [3.05, 3.63) is 23.2 Å². The number of nitrogen functional groups attached to an aromatic ring is 1. The molecule has 0 radical (unpaired) electrons. The van der Waals surface area contributed by atoms with Gasteiger partial charge in [0, 0.05) is 24.8 Å². The van der Waals surface area contributed by atoms with Gasteiger partial charge in [-0.3, -0.25) is 0 Å². The number of hydrogen-bond acceptors (Lipinski definition) is 4. The largest absolute Gasteiger partial charge is 0.399 e. The predicted molar refractivity (Wildman–Crippen MR) is 81.3 cm³/mol. The minimum atomic E-state index is -3.57. The quantitative estimate of drug-likeness (QED) is 0.858. The lowest BCUT2D eigenvalue weighted by Gasteiger charge is -2.22. The lowest BCUT2D eigenvalue weighted by atomic mass is 10.1. The summed E-state index contributed by atoms with van der Waals surface area (Å²) in [4.78, 5) is 2.19. The second-order valence-electron chi connectivity index (χ2n) is 5.52. The molecule has 7 heteroatoms. The summed E-state index contributed by atoms with van der Waals surface area (Å²) >= 11 is 6.03. The van der Waals surface area contributed by atoms with E-state index in [1.165, 1.54) is 16.4 Å². The van der Waals surface area contributed by atoms with Crippen LogP contribution in [0.15, 0.2) is 23.1 Å². The Morgan fingerprint density at radius 2 is 2.00 bits per heavy atom. The molecule has 112 valence electrons. The molecule has 0 aliphatic carbocycles. The highest BCUT2D eigenvalue weighted by Crippen LogP contribution is 2.31. The molecule has 2 atom stereocenters. The summed E-state index contributed by atoms with van der Waals surface area (Å²) in [6.07, 6.45) is 0. The lowest BCUT2D eigenvalue weighted by molar-refractivity contribution is 0.263. The standard InChI is InChI=1S/C13H20ClN3O2S/c1-9-7-17(8-12(9)16(2)3)20(18,19)13-5-4-10(15)6-11(13)14/h4-6,9,12H,7-8,15H2,1-3H3. The zero-order chi connectivity index (χ0) is 15.1. The van der Waals surface area contributed by atoms with Crippen LogP contribution in [0.5, 0.6) is 0 Å². The van der Waals surface area contributed by atoms with Crippen LogP contribution in [0.25, 0.3) is 0 Å². The van der Waals surface area contributed by atoms with Crippen LogP contribution in [-0.4, -0.2) is 50.8 Å². The molecule has 2 rings (SSSR count). The number of hydrogen-bond donors (Lipinski definition) is 1. The predicted octanol–water partition coefficient (Wildman–Crippen LogP) is 1.49. The zero-order valence-electron chi connectivity index (χ0n) is 11.9. The number of likely N-dealkylation sites (N-methyl/N-ethyl adjacent to an activating group) is 1. The fourth-order valence-electron chi connectivity index (χ4n) is 2.64. The molecular weight excluding hydrogens is 298 g/mol. The van der Waals surface area contributed by atoms with Gasteiger partial charge in [0.05, 0.1) is 5.02 Å². The SMILES string of the molecule is CC1CN(S(=O)(=O)c2ccc(N)cc2Cl)CC1N(C)C. The molecule has 1 aliphatic heterocycles. The van der Waals surface area contributed by atoms with Crippen LogP contribution in [0.3, 0.4) is 0 Å². The van der Waals surface area contributed by atoms with Gasteiger partial charge in [-0.05, 0) is 38.2 Å². The Morgan fingerprint density at radius 3 is 2.50 bits per heavy atom. The molecule has 5 nitrogen and oxygen atoms in total. The second-order valence-corrected chi connectivity index (χ2v) is 7.83. The van der Waals surface area contributed by atoms with Gasteiger partial charge in [0.25, 0.3) is 0 Å². The van der Waals surface area contributed by atoms with Crippen LogP contribution in [0.1, 0.15) is 6.92 Å². The molecule has 1 aromatic rings. The first-order chi connectivity index (χ1) is 9.23. The maximum atomic E-state index is 12.7. The number of benzene rings is 1. The van der Waals surface area contributed by atoms with Crippen LogP contribution in [-0.2, 0) is 10.0 Å². The van der Waals surface area contributed by atoms with E-state index in [2.05, 4.69) is 11.8 Å². The lowest BCUT2D eigenvalue weighted by Crippen LogP contribution is -2.35. The van der Waals surface area contributed by atoms with E-state index < -0.39 is 10.0 Å². The van der Waals surface area contributed by atoms with E-state index in [0.717, 1.165) is 0 Å².